The fourth-order valence-electron chi connectivity index (χ4n) is 2.38. The Labute approximate surface area is 150 Å². The smallest absolute Gasteiger partial charge is 0.230 e. The number of nitrogens with zero attached hydrogens (tertiary/aromatic N) is 2. The van der Waals surface area contributed by atoms with E-state index in [1.807, 2.05) is 25.1 Å². The highest BCUT2D eigenvalue weighted by atomic mass is 32.2. The highest BCUT2D eigenvalue weighted by Gasteiger charge is 2.12. The predicted molar refractivity (Wildman–Crippen MR) is 97.2 cm³/mol. The van der Waals surface area contributed by atoms with Gasteiger partial charge in [-0.1, -0.05) is 42.1 Å². The minimum absolute atomic E-state index is 0.0186. The van der Waals surface area contributed by atoms with Gasteiger partial charge >= 0.3 is 0 Å². The van der Waals surface area contributed by atoms with Crippen molar-refractivity contribution in [2.24, 2.45) is 0 Å². The first-order valence-corrected chi connectivity index (χ1v) is 9.11. The number of hydrogen-bond donors (Lipinski definition) is 2. The molecule has 1 aromatic carbocycles. The molecule has 0 unspecified atom stereocenters. The monoisotopic (exact) mass is 356 g/mol. The summed E-state index contributed by atoms with van der Waals surface area (Å²) in [4.78, 5) is 16.4. The van der Waals surface area contributed by atoms with E-state index in [1.54, 1.807) is 18.4 Å². The van der Waals surface area contributed by atoms with Crippen LogP contribution in [0.3, 0.4) is 0 Å². The quantitative estimate of drug-likeness (QED) is 0.605. The zero-order valence-electron chi connectivity index (χ0n) is 13.9. The van der Waals surface area contributed by atoms with Crippen molar-refractivity contribution in [3.63, 3.8) is 0 Å². The zero-order chi connectivity index (χ0) is 17.5. The average molecular weight is 356 g/mol. The SMILES string of the molecule is C[C@H](CCc1ccccc1)NC(=O)CSc1n[nH]c(-c2ccco2)n1. The number of benzene rings is 1. The van der Waals surface area contributed by atoms with Crippen LogP contribution < -0.4 is 5.32 Å². The maximum absolute atomic E-state index is 12.1. The van der Waals surface area contributed by atoms with Crippen molar-refractivity contribution in [2.75, 3.05) is 5.75 Å². The minimum atomic E-state index is -0.0186. The summed E-state index contributed by atoms with van der Waals surface area (Å²) >= 11 is 1.30. The van der Waals surface area contributed by atoms with Gasteiger partial charge in [0.1, 0.15) is 0 Å². The van der Waals surface area contributed by atoms with Crippen LogP contribution in [-0.2, 0) is 11.2 Å². The van der Waals surface area contributed by atoms with E-state index in [4.69, 9.17) is 4.42 Å². The van der Waals surface area contributed by atoms with Gasteiger partial charge in [0.25, 0.3) is 0 Å². The van der Waals surface area contributed by atoms with Gasteiger partial charge < -0.3 is 9.73 Å². The van der Waals surface area contributed by atoms with Crippen molar-refractivity contribution in [2.45, 2.75) is 31.0 Å². The van der Waals surface area contributed by atoms with Crippen LogP contribution >= 0.6 is 11.8 Å². The van der Waals surface area contributed by atoms with Crippen LogP contribution in [0, 0.1) is 0 Å². The number of carbonyl (C=O) groups is 1. The van der Waals surface area contributed by atoms with Crippen molar-refractivity contribution >= 4 is 17.7 Å². The third-order valence-corrected chi connectivity index (χ3v) is 4.52. The lowest BCUT2D eigenvalue weighted by atomic mass is 10.1. The van der Waals surface area contributed by atoms with Gasteiger partial charge in [-0.25, -0.2) is 0 Å². The lowest BCUT2D eigenvalue weighted by molar-refractivity contribution is -0.119. The van der Waals surface area contributed by atoms with Crippen LogP contribution in [0.1, 0.15) is 18.9 Å². The molecule has 0 bridgehead atoms. The van der Waals surface area contributed by atoms with Gasteiger partial charge in [-0.2, -0.15) is 4.98 Å². The summed E-state index contributed by atoms with van der Waals surface area (Å²) in [5.41, 5.74) is 1.28. The lowest BCUT2D eigenvalue weighted by Crippen LogP contribution is -2.34. The molecule has 2 heterocycles. The van der Waals surface area contributed by atoms with Gasteiger partial charge in [0.2, 0.25) is 11.1 Å². The number of nitrogens with one attached hydrogen (secondary N) is 2. The molecule has 1 amide bonds. The fourth-order valence-corrected chi connectivity index (χ4v) is 2.99. The van der Waals surface area contributed by atoms with E-state index in [9.17, 15) is 4.79 Å². The van der Waals surface area contributed by atoms with Gasteiger partial charge in [-0.15, -0.1) is 5.10 Å². The lowest BCUT2D eigenvalue weighted by Gasteiger charge is -2.13. The Balaban J connectivity index is 1.40. The Morgan fingerprint density at radius 3 is 2.88 bits per heavy atom. The molecule has 25 heavy (non-hydrogen) atoms. The average Bonchev–Trinajstić information content (AvgIpc) is 3.30. The van der Waals surface area contributed by atoms with Crippen LogP contribution in [0.5, 0.6) is 0 Å². The number of H-pyrrole nitrogens is 1. The number of aryl methyl sites for hydroxylation is 1. The summed E-state index contributed by atoms with van der Waals surface area (Å²) in [5.74, 6) is 1.45. The number of rotatable bonds is 8. The second kappa shape index (κ2) is 8.53. The Kier molecular flexibility index (Phi) is 5.90. The van der Waals surface area contributed by atoms with Crippen molar-refractivity contribution < 1.29 is 9.21 Å². The molecule has 2 N–H and O–H groups in total. The van der Waals surface area contributed by atoms with E-state index in [2.05, 4.69) is 32.6 Å². The number of thioether (sulfide) groups is 1. The maximum Gasteiger partial charge on any atom is 0.230 e. The summed E-state index contributed by atoms with van der Waals surface area (Å²) in [5, 5.41) is 10.4. The van der Waals surface area contributed by atoms with E-state index in [0.29, 0.717) is 16.7 Å². The molecule has 130 valence electrons. The number of furan rings is 1. The van der Waals surface area contributed by atoms with Crippen LogP contribution in [-0.4, -0.2) is 32.9 Å². The van der Waals surface area contributed by atoms with E-state index in [1.165, 1.54) is 17.3 Å². The van der Waals surface area contributed by atoms with Gasteiger partial charge in [0.15, 0.2) is 11.6 Å². The Morgan fingerprint density at radius 2 is 2.12 bits per heavy atom. The summed E-state index contributed by atoms with van der Waals surface area (Å²) in [7, 11) is 0. The molecule has 0 aliphatic heterocycles. The second-order valence-electron chi connectivity index (χ2n) is 5.73. The number of amides is 1. The number of aromatic nitrogens is 3. The summed E-state index contributed by atoms with van der Waals surface area (Å²) in [6.45, 7) is 2.02. The van der Waals surface area contributed by atoms with Gasteiger partial charge in [0.05, 0.1) is 12.0 Å². The zero-order valence-corrected chi connectivity index (χ0v) is 14.8. The molecule has 3 rings (SSSR count). The maximum atomic E-state index is 12.1. The normalized spacial score (nSPS) is 12.0. The molecule has 0 aliphatic carbocycles. The first-order chi connectivity index (χ1) is 12.2. The largest absolute Gasteiger partial charge is 0.461 e. The van der Waals surface area contributed by atoms with Crippen molar-refractivity contribution in [1.82, 2.24) is 20.5 Å². The van der Waals surface area contributed by atoms with Crippen LogP contribution in [0.2, 0.25) is 0 Å². The first kappa shape index (κ1) is 17.3. The molecule has 6 nitrogen and oxygen atoms in total. The molecule has 0 radical (unpaired) electrons. The van der Waals surface area contributed by atoms with E-state index < -0.39 is 0 Å². The fraction of sp³-hybridized carbons (Fsp3) is 0.278. The Morgan fingerprint density at radius 1 is 1.28 bits per heavy atom. The molecule has 3 aromatic rings. The molecule has 0 spiro atoms. The predicted octanol–water partition coefficient (Wildman–Crippen LogP) is 3.29. The summed E-state index contributed by atoms with van der Waals surface area (Å²) in [6, 6.07) is 14.0. The Bertz CT molecular complexity index is 787. The highest BCUT2D eigenvalue weighted by Crippen LogP contribution is 2.19. The molecule has 0 saturated heterocycles. The molecule has 7 heteroatoms. The summed E-state index contributed by atoms with van der Waals surface area (Å²) in [6.07, 6.45) is 3.43. The second-order valence-corrected chi connectivity index (χ2v) is 6.67. The number of carbonyl (C=O) groups excluding carboxylic acids is 1. The molecule has 0 saturated carbocycles. The third-order valence-electron chi connectivity index (χ3n) is 3.67. The van der Waals surface area contributed by atoms with E-state index in [0.717, 1.165) is 12.8 Å². The number of aromatic amines is 1. The Hall–Kier alpha value is -2.54. The minimum Gasteiger partial charge on any atom is -0.461 e. The first-order valence-electron chi connectivity index (χ1n) is 8.13. The van der Waals surface area contributed by atoms with Gasteiger partial charge in [-0.3, -0.25) is 9.89 Å². The third kappa shape index (κ3) is 5.22. The van der Waals surface area contributed by atoms with Crippen LogP contribution in [0.4, 0.5) is 0 Å². The van der Waals surface area contributed by atoms with Crippen molar-refractivity contribution in [3.05, 3.63) is 54.3 Å². The molecular formula is C18H20N4O2S. The molecule has 0 fully saturated rings. The summed E-state index contributed by atoms with van der Waals surface area (Å²) < 4.78 is 5.25. The molecule has 1 atom stereocenters. The van der Waals surface area contributed by atoms with Crippen molar-refractivity contribution in [1.29, 1.82) is 0 Å². The van der Waals surface area contributed by atoms with Crippen LogP contribution in [0.25, 0.3) is 11.6 Å². The number of hydrogen-bond acceptors (Lipinski definition) is 5. The topological polar surface area (TPSA) is 83.8 Å². The highest BCUT2D eigenvalue weighted by molar-refractivity contribution is 7.99. The van der Waals surface area contributed by atoms with E-state index >= 15 is 0 Å². The van der Waals surface area contributed by atoms with Gasteiger partial charge in [-0.05, 0) is 37.5 Å². The van der Waals surface area contributed by atoms with Gasteiger partial charge in [0, 0.05) is 6.04 Å². The standard InChI is InChI=1S/C18H20N4O2S/c1-13(9-10-14-6-3-2-4-7-14)19-16(23)12-25-18-20-17(21-22-18)15-8-5-11-24-15/h2-8,11,13H,9-10,12H2,1H3,(H,19,23)(H,20,21,22)/t13-/m1/s1. The van der Waals surface area contributed by atoms with Crippen LogP contribution in [0.15, 0.2) is 58.3 Å². The van der Waals surface area contributed by atoms with E-state index in [-0.39, 0.29) is 17.7 Å². The molecular weight excluding hydrogens is 336 g/mol. The molecule has 0 aliphatic rings. The van der Waals surface area contributed by atoms with Crippen molar-refractivity contribution in [3.8, 4) is 11.6 Å². The molecule has 2 aromatic heterocycles.